The van der Waals surface area contributed by atoms with Crippen LogP contribution in [-0.2, 0) is 4.79 Å². The van der Waals surface area contributed by atoms with Crippen molar-refractivity contribution in [1.29, 1.82) is 0 Å². The van der Waals surface area contributed by atoms with Crippen molar-refractivity contribution in [3.63, 3.8) is 0 Å². The summed E-state index contributed by atoms with van der Waals surface area (Å²) in [6, 6.07) is 0. The third-order valence-corrected chi connectivity index (χ3v) is 5.58. The highest BCUT2D eigenvalue weighted by molar-refractivity contribution is 5.80. The summed E-state index contributed by atoms with van der Waals surface area (Å²) >= 11 is 0. The summed E-state index contributed by atoms with van der Waals surface area (Å²) in [5.74, 6) is -0.549. The largest absolute Gasteiger partial charge is 0.481 e. The van der Waals surface area contributed by atoms with Gasteiger partial charge in [0.1, 0.15) is 0 Å². The first-order valence-corrected chi connectivity index (χ1v) is 7.60. The summed E-state index contributed by atoms with van der Waals surface area (Å²) in [6.07, 6.45) is 15.2. The predicted molar refractivity (Wildman–Crippen MR) is 71.4 cm³/mol. The lowest BCUT2D eigenvalue weighted by molar-refractivity contribution is -0.163. The number of hydrogen-bond donors (Lipinski definition) is 1. The molecule has 0 unspecified atom stereocenters. The highest BCUT2D eigenvalue weighted by Crippen LogP contribution is 2.64. The molecule has 0 aromatic carbocycles. The second kappa shape index (κ2) is 4.40. The minimum absolute atomic E-state index is 0.398. The molecule has 0 amide bonds. The van der Waals surface area contributed by atoms with E-state index in [4.69, 9.17) is 0 Å². The molecule has 2 nitrogen and oxygen atoms in total. The quantitative estimate of drug-likeness (QED) is 0.740. The average molecular weight is 248 g/mol. The lowest BCUT2D eigenvalue weighted by Crippen LogP contribution is -2.53. The standard InChI is InChI=1S/C16H24O2/c17-14(18)16(13-7-3-1-4-8-13)11-15(12-16)9-5-2-6-10-15/h7H,1-6,8-12H2,(H,17,18). The fraction of sp³-hybridized carbons (Fsp3) is 0.812. The number of aliphatic carboxylic acids is 1. The van der Waals surface area contributed by atoms with Crippen molar-refractivity contribution in [1.82, 2.24) is 0 Å². The van der Waals surface area contributed by atoms with Crippen LogP contribution in [0, 0.1) is 10.8 Å². The molecule has 2 heteroatoms. The molecule has 2 fully saturated rings. The molecule has 0 aliphatic heterocycles. The zero-order valence-corrected chi connectivity index (χ0v) is 11.2. The third-order valence-electron chi connectivity index (χ3n) is 5.58. The van der Waals surface area contributed by atoms with Crippen LogP contribution in [0.5, 0.6) is 0 Å². The zero-order valence-electron chi connectivity index (χ0n) is 11.2. The molecule has 3 rings (SSSR count). The molecule has 3 aliphatic rings. The number of carboxylic acids is 1. The van der Waals surface area contributed by atoms with Gasteiger partial charge in [0.15, 0.2) is 0 Å². The van der Waals surface area contributed by atoms with Gasteiger partial charge in [-0.25, -0.2) is 0 Å². The zero-order chi connectivity index (χ0) is 12.6. The summed E-state index contributed by atoms with van der Waals surface area (Å²) in [7, 11) is 0. The van der Waals surface area contributed by atoms with Gasteiger partial charge in [0.25, 0.3) is 0 Å². The molecule has 18 heavy (non-hydrogen) atoms. The van der Waals surface area contributed by atoms with E-state index < -0.39 is 11.4 Å². The van der Waals surface area contributed by atoms with Gasteiger partial charge >= 0.3 is 5.97 Å². The Kier molecular flexibility index (Phi) is 2.99. The Morgan fingerprint density at radius 2 is 1.78 bits per heavy atom. The first kappa shape index (κ1) is 12.3. The topological polar surface area (TPSA) is 37.3 Å². The van der Waals surface area contributed by atoms with Crippen LogP contribution in [0.4, 0.5) is 0 Å². The van der Waals surface area contributed by atoms with Crippen LogP contribution in [0.1, 0.15) is 70.6 Å². The van der Waals surface area contributed by atoms with Gasteiger partial charge in [-0.2, -0.15) is 0 Å². The molecule has 1 N–H and O–H groups in total. The van der Waals surface area contributed by atoms with Crippen LogP contribution in [0.15, 0.2) is 11.6 Å². The lowest BCUT2D eigenvalue weighted by atomic mass is 9.46. The average Bonchev–Trinajstić information content (AvgIpc) is 2.37. The Labute approximate surface area is 109 Å². The molecule has 0 saturated heterocycles. The molecule has 0 heterocycles. The van der Waals surface area contributed by atoms with Gasteiger partial charge in [-0.1, -0.05) is 30.9 Å². The minimum Gasteiger partial charge on any atom is -0.481 e. The first-order chi connectivity index (χ1) is 8.67. The molecule has 0 aromatic rings. The van der Waals surface area contributed by atoms with E-state index in [1.54, 1.807) is 0 Å². The molecule has 3 aliphatic carbocycles. The second-order valence-electron chi connectivity index (χ2n) is 6.78. The predicted octanol–water partition coefficient (Wildman–Crippen LogP) is 4.30. The van der Waals surface area contributed by atoms with Crippen LogP contribution in [0.2, 0.25) is 0 Å². The summed E-state index contributed by atoms with van der Waals surface area (Å²) in [4.78, 5) is 11.8. The molecule has 0 radical (unpaired) electrons. The summed E-state index contributed by atoms with van der Waals surface area (Å²) in [6.45, 7) is 0. The van der Waals surface area contributed by atoms with Crippen LogP contribution < -0.4 is 0 Å². The minimum atomic E-state index is -0.549. The molecule has 0 bridgehead atoms. The van der Waals surface area contributed by atoms with Gasteiger partial charge < -0.3 is 5.11 Å². The maximum atomic E-state index is 11.8. The van der Waals surface area contributed by atoms with E-state index in [1.807, 2.05) is 0 Å². The Hall–Kier alpha value is -0.790. The van der Waals surface area contributed by atoms with Gasteiger partial charge in [-0.15, -0.1) is 0 Å². The molecule has 1 spiro atoms. The number of allylic oxidation sites excluding steroid dienone is 1. The van der Waals surface area contributed by atoms with Gasteiger partial charge in [0.2, 0.25) is 0 Å². The highest BCUT2D eigenvalue weighted by Gasteiger charge is 2.60. The summed E-state index contributed by atoms with van der Waals surface area (Å²) in [5.41, 5.74) is 1.20. The smallest absolute Gasteiger partial charge is 0.313 e. The van der Waals surface area contributed by atoms with Gasteiger partial charge in [0.05, 0.1) is 5.41 Å². The Morgan fingerprint density at radius 3 is 2.33 bits per heavy atom. The van der Waals surface area contributed by atoms with Gasteiger partial charge in [0, 0.05) is 0 Å². The fourth-order valence-electron chi connectivity index (χ4n) is 4.67. The molecule has 2 saturated carbocycles. The van der Waals surface area contributed by atoms with E-state index in [9.17, 15) is 9.90 Å². The van der Waals surface area contributed by atoms with Crippen LogP contribution >= 0.6 is 0 Å². The van der Waals surface area contributed by atoms with Crippen LogP contribution in [-0.4, -0.2) is 11.1 Å². The van der Waals surface area contributed by atoms with Gasteiger partial charge in [-0.3, -0.25) is 4.79 Å². The van der Waals surface area contributed by atoms with Crippen LogP contribution in [0.25, 0.3) is 0 Å². The molecule has 0 aromatic heterocycles. The van der Waals surface area contributed by atoms with Crippen molar-refractivity contribution in [2.75, 3.05) is 0 Å². The molecular formula is C16H24O2. The van der Waals surface area contributed by atoms with E-state index in [2.05, 4.69) is 6.08 Å². The van der Waals surface area contributed by atoms with E-state index in [0.717, 1.165) is 25.7 Å². The van der Waals surface area contributed by atoms with Crippen molar-refractivity contribution in [3.05, 3.63) is 11.6 Å². The van der Waals surface area contributed by atoms with E-state index in [-0.39, 0.29) is 0 Å². The molecule has 0 atom stereocenters. The second-order valence-corrected chi connectivity index (χ2v) is 6.78. The Morgan fingerprint density at radius 1 is 1.06 bits per heavy atom. The lowest BCUT2D eigenvalue weighted by Gasteiger charge is -2.57. The van der Waals surface area contributed by atoms with Crippen molar-refractivity contribution >= 4 is 5.97 Å². The fourth-order valence-corrected chi connectivity index (χ4v) is 4.67. The highest BCUT2D eigenvalue weighted by atomic mass is 16.4. The number of rotatable bonds is 2. The Bertz CT molecular complexity index is 367. The maximum Gasteiger partial charge on any atom is 0.313 e. The van der Waals surface area contributed by atoms with Crippen molar-refractivity contribution < 1.29 is 9.90 Å². The normalized spacial score (nSPS) is 29.4. The monoisotopic (exact) mass is 248 g/mol. The molecular weight excluding hydrogens is 224 g/mol. The van der Waals surface area contributed by atoms with E-state index in [1.165, 1.54) is 50.5 Å². The SMILES string of the molecule is O=C(O)C1(C2=CCCCC2)CC2(CCCCC2)C1. The summed E-state index contributed by atoms with van der Waals surface area (Å²) in [5, 5.41) is 9.71. The van der Waals surface area contributed by atoms with E-state index >= 15 is 0 Å². The van der Waals surface area contributed by atoms with Crippen molar-refractivity contribution in [2.24, 2.45) is 10.8 Å². The summed E-state index contributed by atoms with van der Waals surface area (Å²) < 4.78 is 0. The maximum absolute atomic E-state index is 11.8. The first-order valence-electron chi connectivity index (χ1n) is 7.60. The Balaban J connectivity index is 1.79. The van der Waals surface area contributed by atoms with E-state index in [0.29, 0.717) is 5.41 Å². The van der Waals surface area contributed by atoms with Crippen molar-refractivity contribution in [2.45, 2.75) is 70.6 Å². The van der Waals surface area contributed by atoms with Crippen molar-refractivity contribution in [3.8, 4) is 0 Å². The number of hydrogen-bond acceptors (Lipinski definition) is 1. The van der Waals surface area contributed by atoms with Crippen LogP contribution in [0.3, 0.4) is 0 Å². The third kappa shape index (κ3) is 1.81. The van der Waals surface area contributed by atoms with Gasteiger partial charge in [-0.05, 0) is 56.8 Å². The number of carboxylic acid groups (broad SMARTS) is 1. The number of carbonyl (C=O) groups is 1. The molecule has 100 valence electrons.